The van der Waals surface area contributed by atoms with E-state index < -0.39 is 12.0 Å². The third kappa shape index (κ3) is 5.14. The fourth-order valence-corrected chi connectivity index (χ4v) is 5.45. The van der Waals surface area contributed by atoms with Crippen molar-refractivity contribution in [3.05, 3.63) is 83.5 Å². The van der Waals surface area contributed by atoms with Gasteiger partial charge in [0.2, 0.25) is 0 Å². The first-order valence-electron chi connectivity index (χ1n) is 11.7. The zero-order valence-electron chi connectivity index (χ0n) is 21.2. The smallest absolute Gasteiger partial charge is 0.338 e. The normalized spacial score (nSPS) is 15.2. The van der Waals surface area contributed by atoms with Gasteiger partial charge in [0.15, 0.2) is 16.3 Å². The Hall–Kier alpha value is -3.56. The van der Waals surface area contributed by atoms with Crippen molar-refractivity contribution in [2.24, 2.45) is 4.99 Å². The van der Waals surface area contributed by atoms with Gasteiger partial charge in [0.1, 0.15) is 5.75 Å². The number of methoxy groups -OCH3 is 2. The number of ether oxygens (including phenoxy) is 4. The van der Waals surface area contributed by atoms with Crippen molar-refractivity contribution >= 4 is 35.0 Å². The van der Waals surface area contributed by atoms with Crippen LogP contribution in [0.2, 0.25) is 5.02 Å². The fraction of sp³-hybridized carbons (Fsp3) is 0.296. The number of allylic oxidation sites excluding steroid dienone is 1. The maximum absolute atomic E-state index is 13.8. The Morgan fingerprint density at radius 1 is 1.08 bits per heavy atom. The summed E-state index contributed by atoms with van der Waals surface area (Å²) in [6.45, 7) is 6.04. The molecule has 0 unspecified atom stereocenters. The van der Waals surface area contributed by atoms with Crippen LogP contribution in [0.1, 0.15) is 37.9 Å². The molecular formula is C27H27ClN2O6S. The Labute approximate surface area is 223 Å². The first-order chi connectivity index (χ1) is 17.8. The molecule has 0 fully saturated rings. The molecule has 37 heavy (non-hydrogen) atoms. The van der Waals surface area contributed by atoms with E-state index in [0.29, 0.717) is 49.5 Å². The number of carbonyl (C=O) groups is 1. The first-order valence-corrected chi connectivity index (χ1v) is 12.9. The van der Waals surface area contributed by atoms with Crippen molar-refractivity contribution in [3.63, 3.8) is 0 Å². The summed E-state index contributed by atoms with van der Waals surface area (Å²) in [4.78, 5) is 31.9. The topological polar surface area (TPSA) is 88.4 Å². The molecule has 2 heterocycles. The van der Waals surface area contributed by atoms with E-state index in [9.17, 15) is 9.59 Å². The number of carbonyl (C=O) groups excluding carboxylic acids is 1. The lowest BCUT2D eigenvalue weighted by Gasteiger charge is -2.25. The van der Waals surface area contributed by atoms with Gasteiger partial charge in [-0.3, -0.25) is 9.36 Å². The molecular weight excluding hydrogens is 516 g/mol. The third-order valence-electron chi connectivity index (χ3n) is 5.79. The molecule has 1 aliphatic heterocycles. The molecule has 2 aromatic carbocycles. The van der Waals surface area contributed by atoms with Crippen LogP contribution in [0.3, 0.4) is 0 Å². The van der Waals surface area contributed by atoms with Crippen molar-refractivity contribution < 1.29 is 23.7 Å². The summed E-state index contributed by atoms with van der Waals surface area (Å²) in [5, 5.41) is 0.451. The van der Waals surface area contributed by atoms with Crippen molar-refractivity contribution in [1.29, 1.82) is 0 Å². The number of nitrogens with zero attached hydrogens (tertiary/aromatic N) is 2. The fourth-order valence-electron chi connectivity index (χ4n) is 4.16. The van der Waals surface area contributed by atoms with Crippen LogP contribution in [0.25, 0.3) is 6.08 Å². The summed E-state index contributed by atoms with van der Waals surface area (Å²) in [7, 11) is 3.07. The number of esters is 1. The van der Waals surface area contributed by atoms with Gasteiger partial charge in [0.05, 0.1) is 54.3 Å². The molecule has 1 aliphatic rings. The van der Waals surface area contributed by atoms with Gasteiger partial charge in [-0.05, 0) is 62.2 Å². The monoisotopic (exact) mass is 542 g/mol. The highest BCUT2D eigenvalue weighted by atomic mass is 35.5. The Morgan fingerprint density at radius 2 is 1.81 bits per heavy atom. The second kappa shape index (κ2) is 11.2. The van der Waals surface area contributed by atoms with Crippen molar-refractivity contribution in [1.82, 2.24) is 4.57 Å². The van der Waals surface area contributed by atoms with E-state index >= 15 is 0 Å². The highest BCUT2D eigenvalue weighted by Crippen LogP contribution is 2.36. The minimum atomic E-state index is -0.763. The molecule has 3 aromatic rings. The van der Waals surface area contributed by atoms with Crippen molar-refractivity contribution in [3.8, 4) is 17.2 Å². The Bertz CT molecular complexity index is 1560. The van der Waals surface area contributed by atoms with Gasteiger partial charge in [-0.1, -0.05) is 35.1 Å². The molecule has 10 heteroatoms. The maximum Gasteiger partial charge on any atom is 0.338 e. The van der Waals surface area contributed by atoms with Gasteiger partial charge in [0.25, 0.3) is 5.56 Å². The Balaban J connectivity index is 1.92. The summed E-state index contributed by atoms with van der Waals surface area (Å²) >= 11 is 7.59. The van der Waals surface area contributed by atoms with E-state index in [4.69, 9.17) is 30.5 Å². The Kier molecular flexibility index (Phi) is 8.04. The number of fused-ring (bicyclic) bond motifs is 1. The minimum Gasteiger partial charge on any atom is -0.493 e. The van der Waals surface area contributed by atoms with Gasteiger partial charge in [-0.15, -0.1) is 0 Å². The van der Waals surface area contributed by atoms with E-state index in [0.717, 1.165) is 5.56 Å². The molecule has 0 aliphatic carbocycles. The summed E-state index contributed by atoms with van der Waals surface area (Å²) in [5.41, 5.74) is 1.88. The lowest BCUT2D eigenvalue weighted by atomic mass is 9.95. The van der Waals surface area contributed by atoms with Crippen molar-refractivity contribution in [2.75, 3.05) is 27.4 Å². The summed E-state index contributed by atoms with van der Waals surface area (Å²) < 4.78 is 23.7. The number of thiazole rings is 1. The Morgan fingerprint density at radius 3 is 2.46 bits per heavy atom. The van der Waals surface area contributed by atoms with Gasteiger partial charge >= 0.3 is 5.97 Å². The number of hydrogen-bond acceptors (Lipinski definition) is 8. The molecule has 0 amide bonds. The average Bonchev–Trinajstić information content (AvgIpc) is 3.18. The summed E-state index contributed by atoms with van der Waals surface area (Å²) in [6.07, 6.45) is 1.75. The third-order valence-corrected chi connectivity index (χ3v) is 7.07. The van der Waals surface area contributed by atoms with Gasteiger partial charge in [0, 0.05) is 0 Å². The molecule has 1 aromatic heterocycles. The minimum absolute atomic E-state index is 0.192. The largest absolute Gasteiger partial charge is 0.493 e. The molecule has 4 rings (SSSR count). The van der Waals surface area contributed by atoms with Crippen LogP contribution >= 0.6 is 22.9 Å². The van der Waals surface area contributed by atoms with Crippen LogP contribution in [-0.4, -0.2) is 38.0 Å². The van der Waals surface area contributed by atoms with Crippen LogP contribution in [0, 0.1) is 0 Å². The molecule has 0 saturated heterocycles. The zero-order valence-corrected chi connectivity index (χ0v) is 22.7. The maximum atomic E-state index is 13.8. The predicted molar refractivity (Wildman–Crippen MR) is 143 cm³/mol. The number of benzene rings is 2. The lowest BCUT2D eigenvalue weighted by Crippen LogP contribution is -2.39. The summed E-state index contributed by atoms with van der Waals surface area (Å²) in [5.74, 6) is 1.05. The van der Waals surface area contributed by atoms with Crippen LogP contribution < -0.4 is 29.1 Å². The molecule has 8 nitrogen and oxygen atoms in total. The quantitative estimate of drug-likeness (QED) is 0.402. The van der Waals surface area contributed by atoms with Crippen LogP contribution in [-0.2, 0) is 9.53 Å². The van der Waals surface area contributed by atoms with Crippen molar-refractivity contribution in [2.45, 2.75) is 26.8 Å². The molecule has 0 saturated carbocycles. The van der Waals surface area contributed by atoms with E-state index in [1.54, 1.807) is 57.4 Å². The van der Waals surface area contributed by atoms with Gasteiger partial charge in [-0.2, -0.15) is 0 Å². The molecule has 0 N–H and O–H groups in total. The molecule has 0 radical (unpaired) electrons. The number of rotatable bonds is 8. The molecule has 0 spiro atoms. The molecule has 1 atom stereocenters. The van der Waals surface area contributed by atoms with E-state index in [1.807, 2.05) is 13.0 Å². The van der Waals surface area contributed by atoms with E-state index in [2.05, 4.69) is 4.99 Å². The van der Waals surface area contributed by atoms with Crippen LogP contribution in [0.5, 0.6) is 17.2 Å². The predicted octanol–water partition coefficient (Wildman–Crippen LogP) is 3.87. The average molecular weight is 543 g/mol. The first kappa shape index (κ1) is 26.5. The molecule has 0 bridgehead atoms. The lowest BCUT2D eigenvalue weighted by molar-refractivity contribution is -0.139. The standard InChI is InChI=1S/C27H27ClN2O6S/c1-6-35-19-10-8-16(12-18(19)28)13-22-25(31)30-24(17-9-11-20(33-4)21(14-17)34-5)23(26(32)36-7-2)15(3)29-27(30)37-22/h8-14,24H,6-7H2,1-5H3/b22-13-/t24-/m0/s1. The van der Waals surface area contributed by atoms with E-state index in [1.165, 1.54) is 23.0 Å². The van der Waals surface area contributed by atoms with E-state index in [-0.39, 0.29) is 17.7 Å². The van der Waals surface area contributed by atoms with Crippen LogP contribution in [0.15, 0.2) is 57.5 Å². The highest BCUT2D eigenvalue weighted by Gasteiger charge is 2.33. The second-order valence-corrected chi connectivity index (χ2v) is 9.46. The SMILES string of the molecule is CCOC(=O)C1=C(C)N=c2s/c(=C\c3ccc(OCC)c(Cl)c3)c(=O)n2[C@H]1c1ccc(OC)c(OC)c1. The van der Waals surface area contributed by atoms with Gasteiger partial charge < -0.3 is 18.9 Å². The van der Waals surface area contributed by atoms with Crippen LogP contribution in [0.4, 0.5) is 0 Å². The number of halogens is 1. The number of hydrogen-bond donors (Lipinski definition) is 0. The summed E-state index contributed by atoms with van der Waals surface area (Å²) in [6, 6.07) is 9.87. The number of aromatic nitrogens is 1. The highest BCUT2D eigenvalue weighted by molar-refractivity contribution is 7.07. The molecule has 194 valence electrons. The van der Waals surface area contributed by atoms with Gasteiger partial charge in [-0.25, -0.2) is 9.79 Å². The zero-order chi connectivity index (χ0) is 26.7. The second-order valence-electron chi connectivity index (χ2n) is 8.04.